The number of halogens is 3. The Bertz CT molecular complexity index is 811. The summed E-state index contributed by atoms with van der Waals surface area (Å²) in [5, 5.41) is 2.80. The number of piperidine rings is 1. The molecule has 2 fully saturated rings. The third-order valence-electron chi connectivity index (χ3n) is 6.46. The van der Waals surface area contributed by atoms with Crippen LogP contribution in [0.3, 0.4) is 0 Å². The summed E-state index contributed by atoms with van der Waals surface area (Å²) >= 11 is 0. The van der Waals surface area contributed by atoms with Gasteiger partial charge in [-0.3, -0.25) is 9.59 Å². The zero-order chi connectivity index (χ0) is 23.5. The van der Waals surface area contributed by atoms with Gasteiger partial charge in [-0.15, -0.1) is 0 Å². The molecule has 0 aromatic heterocycles. The van der Waals surface area contributed by atoms with Crippen LogP contribution in [0.25, 0.3) is 0 Å². The van der Waals surface area contributed by atoms with Crippen molar-refractivity contribution in [3.05, 3.63) is 35.4 Å². The summed E-state index contributed by atoms with van der Waals surface area (Å²) in [6, 6.07) is 4.78. The number of rotatable bonds is 5. The Balaban J connectivity index is 1.44. The number of carbonyl (C=O) groups excluding carboxylic acids is 2. The monoisotopic (exact) mass is 453 g/mol. The first-order valence-electron chi connectivity index (χ1n) is 11.4. The van der Waals surface area contributed by atoms with E-state index in [-0.39, 0.29) is 22.9 Å². The highest BCUT2D eigenvalue weighted by molar-refractivity contribution is 5.94. The standard InChI is InChI=1S/C24H34F3N3O2/c1-23(2,3)22(32)30-11-5-8-20(30)16-29-12-9-17(10-13-29)15-28-21(31)18-6-4-7-19(14-18)24(25,26)27/h4,6-7,14,17,20H,5,8-13,15-16H2,1-3H3,(H,28,31)/t20-/m0/s1. The molecular weight excluding hydrogens is 419 g/mol. The maximum Gasteiger partial charge on any atom is 0.416 e. The second-order valence-electron chi connectivity index (χ2n) is 10.1. The van der Waals surface area contributed by atoms with Crippen molar-refractivity contribution in [2.75, 3.05) is 32.7 Å². The van der Waals surface area contributed by atoms with E-state index in [1.54, 1.807) is 0 Å². The molecule has 5 nitrogen and oxygen atoms in total. The number of likely N-dealkylation sites (tertiary alicyclic amines) is 2. The van der Waals surface area contributed by atoms with Gasteiger partial charge in [0.05, 0.1) is 5.56 Å². The lowest BCUT2D eigenvalue weighted by Crippen LogP contribution is -2.49. The molecule has 0 saturated carbocycles. The fourth-order valence-corrected chi connectivity index (χ4v) is 4.57. The number of hydrogen-bond acceptors (Lipinski definition) is 3. The zero-order valence-electron chi connectivity index (χ0n) is 19.2. The maximum atomic E-state index is 12.9. The van der Waals surface area contributed by atoms with Crippen LogP contribution in [-0.4, -0.2) is 60.4 Å². The van der Waals surface area contributed by atoms with E-state index in [0.29, 0.717) is 12.5 Å². The molecule has 1 aromatic rings. The molecule has 2 heterocycles. The summed E-state index contributed by atoms with van der Waals surface area (Å²) in [6.45, 7) is 9.86. The lowest BCUT2D eigenvalue weighted by Gasteiger charge is -2.37. The Morgan fingerprint density at radius 2 is 1.75 bits per heavy atom. The van der Waals surface area contributed by atoms with Crippen molar-refractivity contribution in [2.45, 2.75) is 58.7 Å². The van der Waals surface area contributed by atoms with Gasteiger partial charge in [0.1, 0.15) is 0 Å². The Labute approximate surface area is 188 Å². The molecule has 2 aliphatic heterocycles. The number of nitrogens with one attached hydrogen (secondary N) is 1. The normalized spacial score (nSPS) is 21.1. The van der Waals surface area contributed by atoms with Crippen LogP contribution in [0.2, 0.25) is 0 Å². The Morgan fingerprint density at radius 3 is 2.38 bits per heavy atom. The minimum Gasteiger partial charge on any atom is -0.352 e. The molecule has 1 atom stereocenters. The summed E-state index contributed by atoms with van der Waals surface area (Å²) in [6.07, 6.45) is -0.541. The third-order valence-corrected chi connectivity index (χ3v) is 6.46. The van der Waals surface area contributed by atoms with Gasteiger partial charge < -0.3 is 15.1 Å². The molecule has 2 aliphatic rings. The van der Waals surface area contributed by atoms with Crippen molar-refractivity contribution in [3.8, 4) is 0 Å². The van der Waals surface area contributed by atoms with Crippen LogP contribution >= 0.6 is 0 Å². The highest BCUT2D eigenvalue weighted by Gasteiger charge is 2.36. The van der Waals surface area contributed by atoms with E-state index in [2.05, 4.69) is 10.2 Å². The van der Waals surface area contributed by atoms with Crippen LogP contribution in [0.5, 0.6) is 0 Å². The molecule has 3 rings (SSSR count). The van der Waals surface area contributed by atoms with Crippen LogP contribution in [0.15, 0.2) is 24.3 Å². The molecule has 0 radical (unpaired) electrons. The topological polar surface area (TPSA) is 52.7 Å². The third kappa shape index (κ3) is 6.24. The fraction of sp³-hybridized carbons (Fsp3) is 0.667. The first-order chi connectivity index (χ1) is 14.9. The zero-order valence-corrected chi connectivity index (χ0v) is 19.2. The van der Waals surface area contributed by atoms with E-state index in [0.717, 1.165) is 64.0 Å². The summed E-state index contributed by atoms with van der Waals surface area (Å²) < 4.78 is 38.6. The molecular formula is C24H34F3N3O2. The van der Waals surface area contributed by atoms with Crippen LogP contribution in [0.4, 0.5) is 13.2 Å². The minimum absolute atomic E-state index is 0.0297. The van der Waals surface area contributed by atoms with Crippen molar-refractivity contribution >= 4 is 11.8 Å². The fourth-order valence-electron chi connectivity index (χ4n) is 4.57. The van der Waals surface area contributed by atoms with E-state index in [1.807, 2.05) is 25.7 Å². The van der Waals surface area contributed by atoms with Crippen LogP contribution < -0.4 is 5.32 Å². The number of carbonyl (C=O) groups is 2. The van der Waals surface area contributed by atoms with Crippen molar-refractivity contribution in [1.82, 2.24) is 15.1 Å². The summed E-state index contributed by atoms with van der Waals surface area (Å²) in [5.74, 6) is 0.0462. The van der Waals surface area contributed by atoms with Crippen molar-refractivity contribution in [1.29, 1.82) is 0 Å². The first kappa shape index (κ1) is 24.6. The number of hydrogen-bond donors (Lipinski definition) is 1. The van der Waals surface area contributed by atoms with E-state index < -0.39 is 17.6 Å². The number of amides is 2. The Hall–Kier alpha value is -2.09. The predicted molar refractivity (Wildman–Crippen MR) is 117 cm³/mol. The highest BCUT2D eigenvalue weighted by atomic mass is 19.4. The molecule has 8 heteroatoms. The van der Waals surface area contributed by atoms with Gasteiger partial charge in [0.2, 0.25) is 5.91 Å². The van der Waals surface area contributed by atoms with E-state index in [9.17, 15) is 22.8 Å². The highest BCUT2D eigenvalue weighted by Crippen LogP contribution is 2.30. The second-order valence-corrected chi connectivity index (χ2v) is 10.1. The summed E-state index contributed by atoms with van der Waals surface area (Å²) in [5.41, 5.74) is -1.15. The van der Waals surface area contributed by atoms with Crippen molar-refractivity contribution in [2.24, 2.45) is 11.3 Å². The van der Waals surface area contributed by atoms with Gasteiger partial charge >= 0.3 is 6.18 Å². The lowest BCUT2D eigenvalue weighted by molar-refractivity contribution is -0.140. The van der Waals surface area contributed by atoms with E-state index >= 15 is 0 Å². The largest absolute Gasteiger partial charge is 0.416 e. The minimum atomic E-state index is -4.46. The molecule has 0 aliphatic carbocycles. The summed E-state index contributed by atoms with van der Waals surface area (Å²) in [4.78, 5) is 29.5. The van der Waals surface area contributed by atoms with Gasteiger partial charge in [-0.2, -0.15) is 13.2 Å². The smallest absolute Gasteiger partial charge is 0.352 e. The average molecular weight is 454 g/mol. The Morgan fingerprint density at radius 1 is 1.06 bits per heavy atom. The lowest BCUT2D eigenvalue weighted by atomic mass is 9.94. The second kappa shape index (κ2) is 9.81. The predicted octanol–water partition coefficient (Wildman–Crippen LogP) is 4.18. The van der Waals surface area contributed by atoms with Gasteiger partial charge in [0.25, 0.3) is 5.91 Å². The molecule has 2 saturated heterocycles. The van der Waals surface area contributed by atoms with Crippen molar-refractivity contribution in [3.63, 3.8) is 0 Å². The van der Waals surface area contributed by atoms with Gasteiger partial charge in [-0.25, -0.2) is 0 Å². The molecule has 32 heavy (non-hydrogen) atoms. The Kier molecular flexibility index (Phi) is 7.53. The number of benzene rings is 1. The molecule has 0 spiro atoms. The SMILES string of the molecule is CC(C)(C)C(=O)N1CCC[C@H]1CN1CCC(CNC(=O)c2cccc(C(F)(F)F)c2)CC1. The van der Waals surface area contributed by atoms with E-state index in [1.165, 1.54) is 12.1 Å². The first-order valence-corrected chi connectivity index (χ1v) is 11.4. The van der Waals surface area contributed by atoms with Gasteiger partial charge in [-0.1, -0.05) is 26.8 Å². The maximum absolute atomic E-state index is 12.9. The van der Waals surface area contributed by atoms with E-state index in [4.69, 9.17) is 0 Å². The molecule has 0 unspecified atom stereocenters. The van der Waals surface area contributed by atoms with Crippen molar-refractivity contribution < 1.29 is 22.8 Å². The quantitative estimate of drug-likeness (QED) is 0.728. The summed E-state index contributed by atoms with van der Waals surface area (Å²) in [7, 11) is 0. The molecule has 1 aromatic carbocycles. The van der Waals surface area contributed by atoms with Gasteiger partial charge in [0, 0.05) is 36.7 Å². The average Bonchev–Trinajstić information content (AvgIpc) is 3.19. The van der Waals surface area contributed by atoms with Gasteiger partial charge in [-0.05, 0) is 62.9 Å². The molecule has 2 amide bonds. The van der Waals surface area contributed by atoms with Crippen LogP contribution in [0, 0.1) is 11.3 Å². The molecule has 178 valence electrons. The van der Waals surface area contributed by atoms with Crippen LogP contribution in [0.1, 0.15) is 62.4 Å². The number of alkyl halides is 3. The van der Waals surface area contributed by atoms with Gasteiger partial charge in [0.15, 0.2) is 0 Å². The van der Waals surface area contributed by atoms with Crippen LogP contribution in [-0.2, 0) is 11.0 Å². The molecule has 0 bridgehead atoms. The number of nitrogens with zero attached hydrogens (tertiary/aromatic N) is 2. The molecule has 1 N–H and O–H groups in total.